The van der Waals surface area contributed by atoms with Crippen molar-refractivity contribution >= 4 is 0 Å². The van der Waals surface area contributed by atoms with Crippen molar-refractivity contribution in [2.24, 2.45) is 13.0 Å². The van der Waals surface area contributed by atoms with Gasteiger partial charge in [-0.2, -0.15) is 5.10 Å². The topological polar surface area (TPSA) is 42.7 Å². The molecular formula is C11H22N4. The van der Waals surface area contributed by atoms with E-state index < -0.39 is 0 Å². The van der Waals surface area contributed by atoms with Gasteiger partial charge < -0.3 is 5.32 Å². The molecule has 0 aromatic carbocycles. The van der Waals surface area contributed by atoms with Crippen LogP contribution >= 0.6 is 0 Å². The first kappa shape index (κ1) is 12.2. The number of aromatic nitrogens is 3. The largest absolute Gasteiger partial charge is 0.314 e. The van der Waals surface area contributed by atoms with Gasteiger partial charge in [0.1, 0.15) is 12.2 Å². The summed E-state index contributed by atoms with van der Waals surface area (Å²) >= 11 is 0. The Hall–Kier alpha value is -0.900. The summed E-state index contributed by atoms with van der Waals surface area (Å²) in [6, 6.07) is 0.572. The van der Waals surface area contributed by atoms with Crippen molar-refractivity contribution in [3.8, 4) is 0 Å². The van der Waals surface area contributed by atoms with Crippen molar-refractivity contribution in [2.75, 3.05) is 6.54 Å². The molecule has 0 bridgehead atoms. The van der Waals surface area contributed by atoms with E-state index >= 15 is 0 Å². The summed E-state index contributed by atoms with van der Waals surface area (Å²) in [5.74, 6) is 1.77. The summed E-state index contributed by atoms with van der Waals surface area (Å²) in [5, 5.41) is 7.56. The second kappa shape index (κ2) is 5.85. The Labute approximate surface area is 92.1 Å². The van der Waals surface area contributed by atoms with Crippen molar-refractivity contribution in [3.05, 3.63) is 12.2 Å². The van der Waals surface area contributed by atoms with Crippen LogP contribution in [0.5, 0.6) is 0 Å². The minimum Gasteiger partial charge on any atom is -0.314 e. The summed E-state index contributed by atoms with van der Waals surface area (Å²) < 4.78 is 1.83. The van der Waals surface area contributed by atoms with Gasteiger partial charge in [0.25, 0.3) is 0 Å². The van der Waals surface area contributed by atoms with Crippen LogP contribution < -0.4 is 5.32 Å². The highest BCUT2D eigenvalue weighted by molar-refractivity contribution is 4.84. The predicted molar refractivity (Wildman–Crippen MR) is 61.6 cm³/mol. The maximum Gasteiger partial charge on any atom is 0.138 e. The Morgan fingerprint density at radius 2 is 2.20 bits per heavy atom. The van der Waals surface area contributed by atoms with Crippen molar-refractivity contribution < 1.29 is 0 Å². The molecule has 0 aliphatic rings. The van der Waals surface area contributed by atoms with Crippen LogP contribution in [0.25, 0.3) is 0 Å². The van der Waals surface area contributed by atoms with E-state index in [4.69, 9.17) is 0 Å². The summed E-state index contributed by atoms with van der Waals surface area (Å²) in [5.41, 5.74) is 0. The molecule has 86 valence electrons. The van der Waals surface area contributed by atoms with Gasteiger partial charge in [-0.3, -0.25) is 4.68 Å². The summed E-state index contributed by atoms with van der Waals surface area (Å²) in [7, 11) is 1.93. The fraction of sp³-hybridized carbons (Fsp3) is 0.818. The first-order valence-corrected chi connectivity index (χ1v) is 5.71. The van der Waals surface area contributed by atoms with E-state index in [-0.39, 0.29) is 0 Å². The van der Waals surface area contributed by atoms with Crippen molar-refractivity contribution in [3.63, 3.8) is 0 Å². The summed E-state index contributed by atoms with van der Waals surface area (Å²) in [6.45, 7) is 7.72. The molecule has 1 aromatic heterocycles. The third-order valence-corrected chi connectivity index (χ3v) is 3.12. The predicted octanol–water partition coefficient (Wildman–Crippen LogP) is 1.38. The van der Waals surface area contributed by atoms with Gasteiger partial charge in [-0.25, -0.2) is 4.98 Å². The van der Waals surface area contributed by atoms with E-state index in [1.807, 2.05) is 11.7 Å². The average Bonchev–Trinajstić information content (AvgIpc) is 2.63. The molecular weight excluding hydrogens is 188 g/mol. The van der Waals surface area contributed by atoms with Crippen LogP contribution in [0.4, 0.5) is 0 Å². The van der Waals surface area contributed by atoms with E-state index in [0.29, 0.717) is 6.04 Å². The molecule has 0 radical (unpaired) electrons. The van der Waals surface area contributed by atoms with Gasteiger partial charge in [-0.1, -0.05) is 20.3 Å². The van der Waals surface area contributed by atoms with Crippen LogP contribution in [0.1, 0.15) is 33.0 Å². The zero-order valence-corrected chi connectivity index (χ0v) is 10.2. The molecule has 0 saturated heterocycles. The molecule has 0 aliphatic carbocycles. The SMILES string of the molecule is CCC(C)C(C)NCCc1ncnn1C. The van der Waals surface area contributed by atoms with Gasteiger partial charge in [0.05, 0.1) is 0 Å². The molecule has 0 aliphatic heterocycles. The number of hydrogen-bond donors (Lipinski definition) is 1. The Bertz CT molecular complexity index is 282. The first-order valence-electron chi connectivity index (χ1n) is 5.71. The Balaban J connectivity index is 2.25. The zero-order chi connectivity index (χ0) is 11.3. The third kappa shape index (κ3) is 3.63. The lowest BCUT2D eigenvalue weighted by atomic mass is 10.0. The van der Waals surface area contributed by atoms with E-state index in [1.54, 1.807) is 6.33 Å². The van der Waals surface area contributed by atoms with Crippen LogP contribution in [-0.2, 0) is 13.5 Å². The lowest BCUT2D eigenvalue weighted by Gasteiger charge is -2.19. The smallest absolute Gasteiger partial charge is 0.138 e. The van der Waals surface area contributed by atoms with E-state index in [1.165, 1.54) is 6.42 Å². The van der Waals surface area contributed by atoms with Gasteiger partial charge in [0, 0.05) is 26.1 Å². The van der Waals surface area contributed by atoms with Gasteiger partial charge in [-0.05, 0) is 12.8 Å². The van der Waals surface area contributed by atoms with Gasteiger partial charge >= 0.3 is 0 Å². The number of nitrogens with zero attached hydrogens (tertiary/aromatic N) is 3. The number of hydrogen-bond acceptors (Lipinski definition) is 3. The second-order valence-corrected chi connectivity index (χ2v) is 4.18. The molecule has 0 spiro atoms. The lowest BCUT2D eigenvalue weighted by Crippen LogP contribution is -2.33. The van der Waals surface area contributed by atoms with Crippen molar-refractivity contribution in [1.82, 2.24) is 20.1 Å². The Morgan fingerprint density at radius 3 is 2.73 bits per heavy atom. The van der Waals surface area contributed by atoms with Crippen LogP contribution in [0, 0.1) is 5.92 Å². The highest BCUT2D eigenvalue weighted by atomic mass is 15.3. The Morgan fingerprint density at radius 1 is 1.47 bits per heavy atom. The van der Waals surface area contributed by atoms with Crippen molar-refractivity contribution in [1.29, 1.82) is 0 Å². The monoisotopic (exact) mass is 210 g/mol. The fourth-order valence-corrected chi connectivity index (χ4v) is 1.51. The van der Waals surface area contributed by atoms with Gasteiger partial charge in [-0.15, -0.1) is 0 Å². The molecule has 15 heavy (non-hydrogen) atoms. The van der Waals surface area contributed by atoms with Crippen LogP contribution in [0.15, 0.2) is 6.33 Å². The minimum absolute atomic E-state index is 0.572. The molecule has 0 saturated carbocycles. The van der Waals surface area contributed by atoms with Crippen LogP contribution in [-0.4, -0.2) is 27.4 Å². The van der Waals surface area contributed by atoms with E-state index in [0.717, 1.165) is 24.7 Å². The number of nitrogens with one attached hydrogen (secondary N) is 1. The Kier molecular flexibility index (Phi) is 4.75. The molecule has 1 rings (SSSR count). The van der Waals surface area contributed by atoms with Crippen LogP contribution in [0.3, 0.4) is 0 Å². The molecule has 2 unspecified atom stereocenters. The number of rotatable bonds is 6. The number of aryl methyl sites for hydroxylation is 1. The standard InChI is InChI=1S/C11H22N4/c1-5-9(2)10(3)12-7-6-11-13-8-14-15(11)4/h8-10,12H,5-7H2,1-4H3. The maximum absolute atomic E-state index is 4.19. The highest BCUT2D eigenvalue weighted by Gasteiger charge is 2.09. The molecule has 0 fully saturated rings. The molecule has 1 heterocycles. The van der Waals surface area contributed by atoms with Crippen LogP contribution in [0.2, 0.25) is 0 Å². The molecule has 0 amide bonds. The molecule has 4 heteroatoms. The molecule has 4 nitrogen and oxygen atoms in total. The molecule has 1 N–H and O–H groups in total. The van der Waals surface area contributed by atoms with Crippen molar-refractivity contribution in [2.45, 2.75) is 39.7 Å². The maximum atomic E-state index is 4.19. The third-order valence-electron chi connectivity index (χ3n) is 3.12. The van der Waals surface area contributed by atoms with Gasteiger partial charge in [0.2, 0.25) is 0 Å². The first-order chi connectivity index (χ1) is 7.15. The summed E-state index contributed by atoms with van der Waals surface area (Å²) in [6.07, 6.45) is 3.77. The van der Waals surface area contributed by atoms with E-state index in [2.05, 4.69) is 36.2 Å². The normalized spacial score (nSPS) is 15.2. The highest BCUT2D eigenvalue weighted by Crippen LogP contribution is 2.06. The second-order valence-electron chi connectivity index (χ2n) is 4.18. The molecule has 2 atom stereocenters. The minimum atomic E-state index is 0.572. The average molecular weight is 210 g/mol. The summed E-state index contributed by atoms with van der Waals surface area (Å²) in [4.78, 5) is 4.19. The van der Waals surface area contributed by atoms with Gasteiger partial charge in [0.15, 0.2) is 0 Å². The molecule has 1 aromatic rings. The fourth-order valence-electron chi connectivity index (χ4n) is 1.51. The zero-order valence-electron chi connectivity index (χ0n) is 10.2. The quantitative estimate of drug-likeness (QED) is 0.771. The lowest BCUT2D eigenvalue weighted by molar-refractivity contribution is 0.391. The van der Waals surface area contributed by atoms with E-state index in [9.17, 15) is 0 Å².